The monoisotopic (exact) mass is 385 g/mol. The van der Waals surface area contributed by atoms with E-state index in [2.05, 4.69) is 32.0 Å². The number of thiazole rings is 1. The minimum absolute atomic E-state index is 0.212. The third kappa shape index (κ3) is 4.39. The van der Waals surface area contributed by atoms with Crippen LogP contribution in [0, 0.1) is 19.3 Å². The zero-order valence-electron chi connectivity index (χ0n) is 16.4. The molecule has 0 unspecified atom stereocenters. The molecule has 0 saturated carbocycles. The van der Waals surface area contributed by atoms with Gasteiger partial charge < -0.3 is 14.7 Å². The van der Waals surface area contributed by atoms with Gasteiger partial charge in [-0.05, 0) is 51.3 Å². The summed E-state index contributed by atoms with van der Waals surface area (Å²) in [5, 5.41) is 21.6. The molecule has 3 rings (SSSR count). The zero-order chi connectivity index (χ0) is 19.6. The SMILES string of the molecule is Cc1ccc(-c2csc(C3=C(O)CN(CCCOC(C)C)C3=N)n2)cc1C. The maximum absolute atomic E-state index is 10.4. The topological polar surface area (TPSA) is 69.4 Å². The maximum Gasteiger partial charge on any atom is 0.135 e. The predicted octanol–water partition coefficient (Wildman–Crippen LogP) is 4.80. The lowest BCUT2D eigenvalue weighted by atomic mass is 10.1. The summed E-state index contributed by atoms with van der Waals surface area (Å²) in [6.45, 7) is 9.93. The van der Waals surface area contributed by atoms with E-state index < -0.39 is 0 Å². The Kier molecular flexibility index (Phi) is 5.97. The van der Waals surface area contributed by atoms with Crippen molar-refractivity contribution in [1.29, 1.82) is 5.41 Å². The lowest BCUT2D eigenvalue weighted by Crippen LogP contribution is -2.28. The molecule has 2 heterocycles. The standard InChI is InChI=1S/C21H27N3O2S/c1-13(2)26-9-5-8-24-11-18(25)19(20(24)22)21-23-17(12-27-21)16-7-6-14(3)15(4)10-16/h6-7,10,12-13,22,25H,5,8-9,11H2,1-4H3. The van der Waals surface area contributed by atoms with Crippen molar-refractivity contribution in [1.82, 2.24) is 9.88 Å². The van der Waals surface area contributed by atoms with E-state index in [-0.39, 0.29) is 11.9 Å². The number of benzene rings is 1. The Hall–Kier alpha value is -2.18. The van der Waals surface area contributed by atoms with Crippen LogP contribution < -0.4 is 0 Å². The molecule has 0 spiro atoms. The van der Waals surface area contributed by atoms with Gasteiger partial charge in [0.2, 0.25) is 0 Å². The van der Waals surface area contributed by atoms with Crippen molar-refractivity contribution in [2.45, 2.75) is 40.2 Å². The number of hydrogen-bond donors (Lipinski definition) is 2. The molecule has 0 bridgehead atoms. The number of rotatable bonds is 7. The van der Waals surface area contributed by atoms with Gasteiger partial charge in [-0.1, -0.05) is 12.1 Å². The number of nitrogens with zero attached hydrogens (tertiary/aromatic N) is 2. The summed E-state index contributed by atoms with van der Waals surface area (Å²) in [7, 11) is 0. The van der Waals surface area contributed by atoms with Gasteiger partial charge in [-0.3, -0.25) is 5.41 Å². The second-order valence-corrected chi connectivity index (χ2v) is 8.06. The fraction of sp³-hybridized carbons (Fsp3) is 0.429. The highest BCUT2D eigenvalue weighted by molar-refractivity contribution is 7.11. The maximum atomic E-state index is 10.4. The van der Waals surface area contributed by atoms with E-state index in [9.17, 15) is 5.11 Å². The third-order valence-corrected chi connectivity index (χ3v) is 5.59. The van der Waals surface area contributed by atoms with E-state index in [4.69, 9.17) is 15.1 Å². The minimum Gasteiger partial charge on any atom is -0.510 e. The first-order chi connectivity index (χ1) is 12.9. The Morgan fingerprint density at radius 1 is 1.30 bits per heavy atom. The molecule has 0 fully saturated rings. The van der Waals surface area contributed by atoms with E-state index in [1.165, 1.54) is 22.5 Å². The van der Waals surface area contributed by atoms with Crippen molar-refractivity contribution in [2.24, 2.45) is 0 Å². The fourth-order valence-electron chi connectivity index (χ4n) is 3.05. The number of amidine groups is 1. The van der Waals surface area contributed by atoms with Crippen LogP contribution in [0.5, 0.6) is 0 Å². The van der Waals surface area contributed by atoms with E-state index in [1.807, 2.05) is 24.1 Å². The van der Waals surface area contributed by atoms with Gasteiger partial charge in [0.05, 0.1) is 23.9 Å². The normalized spacial score (nSPS) is 14.7. The average Bonchev–Trinajstić information content (AvgIpc) is 3.19. The Morgan fingerprint density at radius 2 is 2.07 bits per heavy atom. The van der Waals surface area contributed by atoms with Gasteiger partial charge in [0.15, 0.2) is 0 Å². The molecule has 144 valence electrons. The number of nitrogens with one attached hydrogen (secondary N) is 1. The molecule has 27 heavy (non-hydrogen) atoms. The van der Waals surface area contributed by atoms with Crippen molar-refractivity contribution in [2.75, 3.05) is 19.7 Å². The Balaban J connectivity index is 1.71. The van der Waals surface area contributed by atoms with Crippen LogP contribution in [0.25, 0.3) is 16.8 Å². The van der Waals surface area contributed by atoms with Gasteiger partial charge in [0.1, 0.15) is 16.6 Å². The van der Waals surface area contributed by atoms with Crippen LogP contribution in [0.1, 0.15) is 36.4 Å². The first-order valence-corrected chi connectivity index (χ1v) is 10.2. The fourth-order valence-corrected chi connectivity index (χ4v) is 3.94. The number of aryl methyl sites for hydroxylation is 2. The molecule has 0 radical (unpaired) electrons. The van der Waals surface area contributed by atoms with Gasteiger partial charge in [0, 0.05) is 24.1 Å². The minimum atomic E-state index is 0.212. The molecular formula is C21H27N3O2S. The van der Waals surface area contributed by atoms with Crippen molar-refractivity contribution < 1.29 is 9.84 Å². The van der Waals surface area contributed by atoms with Gasteiger partial charge in [-0.15, -0.1) is 11.3 Å². The van der Waals surface area contributed by atoms with Crippen molar-refractivity contribution in [3.8, 4) is 11.3 Å². The van der Waals surface area contributed by atoms with Crippen LogP contribution in [0.4, 0.5) is 0 Å². The second-order valence-electron chi connectivity index (χ2n) is 7.20. The number of ether oxygens (including phenoxy) is 1. The van der Waals surface area contributed by atoms with Crippen LogP contribution in [-0.4, -0.2) is 46.6 Å². The molecule has 1 aliphatic heterocycles. The molecule has 0 amide bonds. The summed E-state index contributed by atoms with van der Waals surface area (Å²) in [5.74, 6) is 0.573. The van der Waals surface area contributed by atoms with Crippen molar-refractivity contribution in [3.63, 3.8) is 0 Å². The quantitative estimate of drug-likeness (QED) is 0.672. The highest BCUT2D eigenvalue weighted by atomic mass is 32.1. The van der Waals surface area contributed by atoms with Crippen LogP contribution >= 0.6 is 11.3 Å². The summed E-state index contributed by atoms with van der Waals surface area (Å²) in [6, 6.07) is 6.29. The van der Waals surface area contributed by atoms with Gasteiger partial charge in [-0.25, -0.2) is 4.98 Å². The number of aliphatic hydroxyl groups excluding tert-OH is 1. The summed E-state index contributed by atoms with van der Waals surface area (Å²) in [6.07, 6.45) is 1.04. The van der Waals surface area contributed by atoms with E-state index in [0.29, 0.717) is 36.1 Å². The van der Waals surface area contributed by atoms with E-state index >= 15 is 0 Å². The molecule has 6 heteroatoms. The van der Waals surface area contributed by atoms with Crippen molar-refractivity contribution in [3.05, 3.63) is 45.5 Å². The van der Waals surface area contributed by atoms with E-state index in [1.54, 1.807) is 0 Å². The van der Waals surface area contributed by atoms with Crippen LogP contribution in [-0.2, 0) is 4.74 Å². The highest BCUT2D eigenvalue weighted by Crippen LogP contribution is 2.32. The molecule has 0 saturated heterocycles. The summed E-state index contributed by atoms with van der Waals surface area (Å²) < 4.78 is 5.56. The number of hydrogen-bond acceptors (Lipinski definition) is 5. The van der Waals surface area contributed by atoms with Gasteiger partial charge in [0.25, 0.3) is 0 Å². The lowest BCUT2D eigenvalue weighted by molar-refractivity contribution is 0.0742. The molecule has 2 N–H and O–H groups in total. The molecule has 2 aromatic rings. The van der Waals surface area contributed by atoms with Crippen LogP contribution in [0.3, 0.4) is 0 Å². The molecule has 0 atom stereocenters. The lowest BCUT2D eigenvalue weighted by Gasteiger charge is -2.18. The molecule has 0 aliphatic carbocycles. The number of aromatic nitrogens is 1. The molecule has 1 aromatic heterocycles. The largest absolute Gasteiger partial charge is 0.510 e. The summed E-state index contributed by atoms with van der Waals surface area (Å²) >= 11 is 1.47. The summed E-state index contributed by atoms with van der Waals surface area (Å²) in [5.41, 5.74) is 4.99. The Morgan fingerprint density at radius 3 is 2.78 bits per heavy atom. The Bertz CT molecular complexity index is 870. The second kappa shape index (κ2) is 8.23. The summed E-state index contributed by atoms with van der Waals surface area (Å²) in [4.78, 5) is 6.58. The van der Waals surface area contributed by atoms with E-state index in [0.717, 1.165) is 17.7 Å². The Labute approximate surface area is 164 Å². The third-order valence-electron chi connectivity index (χ3n) is 4.73. The average molecular weight is 386 g/mol. The number of aliphatic hydroxyl groups is 1. The molecule has 1 aliphatic rings. The van der Waals surface area contributed by atoms with Gasteiger partial charge in [-0.2, -0.15) is 0 Å². The molecular weight excluding hydrogens is 358 g/mol. The van der Waals surface area contributed by atoms with Crippen LogP contribution in [0.2, 0.25) is 0 Å². The smallest absolute Gasteiger partial charge is 0.135 e. The molecule has 1 aromatic carbocycles. The molecule has 5 nitrogen and oxygen atoms in total. The van der Waals surface area contributed by atoms with Crippen molar-refractivity contribution >= 4 is 22.7 Å². The zero-order valence-corrected chi connectivity index (χ0v) is 17.2. The predicted molar refractivity (Wildman–Crippen MR) is 112 cm³/mol. The highest BCUT2D eigenvalue weighted by Gasteiger charge is 2.30. The van der Waals surface area contributed by atoms with Gasteiger partial charge >= 0.3 is 0 Å². The van der Waals surface area contributed by atoms with Crippen LogP contribution in [0.15, 0.2) is 29.3 Å². The first-order valence-electron chi connectivity index (χ1n) is 9.28. The first kappa shape index (κ1) is 19.6.